The quantitative estimate of drug-likeness (QED) is 0.304. The number of fused-ring (bicyclic) bond motifs is 2. The van der Waals surface area contributed by atoms with E-state index >= 15 is 0 Å². The highest BCUT2D eigenvalue weighted by atomic mass is 16.1. The molecule has 194 valence electrons. The third-order valence-corrected chi connectivity index (χ3v) is 7.72. The molecule has 0 saturated carbocycles. The highest BCUT2D eigenvalue weighted by molar-refractivity contribution is 6.09. The van der Waals surface area contributed by atoms with Crippen LogP contribution in [0.25, 0.3) is 33.4 Å². The first-order valence-corrected chi connectivity index (χ1v) is 13.3. The Morgan fingerprint density at radius 3 is 2.44 bits per heavy atom. The Bertz CT molecular complexity index is 1670. The Morgan fingerprint density at radius 2 is 1.64 bits per heavy atom. The van der Waals surface area contributed by atoms with Crippen LogP contribution in [0.1, 0.15) is 15.9 Å². The van der Waals surface area contributed by atoms with E-state index in [1.165, 1.54) is 0 Å². The molecule has 3 aromatic heterocycles. The fourth-order valence-electron chi connectivity index (χ4n) is 5.61. The van der Waals surface area contributed by atoms with Gasteiger partial charge < -0.3 is 25.4 Å². The van der Waals surface area contributed by atoms with Crippen LogP contribution in [0.5, 0.6) is 0 Å². The maximum absolute atomic E-state index is 13.1. The number of anilines is 3. The molecule has 1 fully saturated rings. The summed E-state index contributed by atoms with van der Waals surface area (Å²) >= 11 is 0. The van der Waals surface area contributed by atoms with Gasteiger partial charge in [0.1, 0.15) is 5.82 Å². The molecular formula is C31H29N7O. The number of hydrogen-bond donors (Lipinski definition) is 3. The van der Waals surface area contributed by atoms with E-state index in [0.29, 0.717) is 23.6 Å². The number of para-hydroxylation sites is 1. The lowest BCUT2D eigenvalue weighted by Crippen LogP contribution is -2.44. The van der Waals surface area contributed by atoms with E-state index in [1.807, 2.05) is 42.6 Å². The molecular weight excluding hydrogens is 486 g/mol. The number of carbonyl (C=O) groups is 1. The Morgan fingerprint density at radius 1 is 0.846 bits per heavy atom. The second-order valence-corrected chi connectivity index (χ2v) is 10.2. The summed E-state index contributed by atoms with van der Waals surface area (Å²) in [7, 11) is 2.15. The van der Waals surface area contributed by atoms with Gasteiger partial charge in [0.15, 0.2) is 0 Å². The van der Waals surface area contributed by atoms with Crippen molar-refractivity contribution >= 4 is 34.0 Å². The Balaban J connectivity index is 1.27. The van der Waals surface area contributed by atoms with Gasteiger partial charge in [0, 0.05) is 54.8 Å². The van der Waals surface area contributed by atoms with Crippen molar-refractivity contribution in [3.63, 3.8) is 0 Å². The van der Waals surface area contributed by atoms with E-state index < -0.39 is 0 Å². The van der Waals surface area contributed by atoms with Gasteiger partial charge in [-0.05, 0) is 30.8 Å². The number of piperazine rings is 1. The van der Waals surface area contributed by atoms with Crippen LogP contribution in [-0.2, 0) is 6.54 Å². The van der Waals surface area contributed by atoms with Crippen molar-refractivity contribution in [1.29, 1.82) is 0 Å². The third kappa shape index (κ3) is 4.19. The van der Waals surface area contributed by atoms with Crippen LogP contribution < -0.4 is 15.5 Å². The predicted octanol–water partition coefficient (Wildman–Crippen LogP) is 5.03. The summed E-state index contributed by atoms with van der Waals surface area (Å²) in [5.41, 5.74) is 8.19. The fourth-order valence-corrected chi connectivity index (χ4v) is 5.61. The molecule has 2 aromatic carbocycles. The van der Waals surface area contributed by atoms with E-state index in [0.717, 1.165) is 70.8 Å². The molecule has 0 spiro atoms. The van der Waals surface area contributed by atoms with Crippen molar-refractivity contribution in [2.24, 2.45) is 0 Å². The lowest BCUT2D eigenvalue weighted by molar-refractivity contribution is 0.0966. The van der Waals surface area contributed by atoms with Crippen LogP contribution in [0, 0.1) is 0 Å². The number of aromatic amines is 1. The van der Waals surface area contributed by atoms with Gasteiger partial charge in [-0.1, -0.05) is 48.5 Å². The Labute approximate surface area is 226 Å². The van der Waals surface area contributed by atoms with Gasteiger partial charge in [0.2, 0.25) is 0 Å². The van der Waals surface area contributed by atoms with Gasteiger partial charge in [-0.3, -0.25) is 9.78 Å². The van der Waals surface area contributed by atoms with Crippen molar-refractivity contribution in [2.45, 2.75) is 6.54 Å². The summed E-state index contributed by atoms with van der Waals surface area (Å²) in [6, 6.07) is 22.5. The Kier molecular flexibility index (Phi) is 5.74. The minimum Gasteiger partial charge on any atom is -0.368 e. The number of carbonyl (C=O) groups excluding carboxylic acids is 1. The summed E-state index contributed by atoms with van der Waals surface area (Å²) in [5.74, 6) is 0.577. The zero-order valence-electron chi connectivity index (χ0n) is 21.7. The van der Waals surface area contributed by atoms with Crippen LogP contribution in [0.15, 0.2) is 79.1 Å². The number of hydrogen-bond acceptors (Lipinski definition) is 6. The molecule has 1 saturated heterocycles. The normalized spacial score (nSPS) is 15.4. The topological polar surface area (TPSA) is 89.2 Å². The van der Waals surface area contributed by atoms with Crippen LogP contribution in [-0.4, -0.2) is 59.0 Å². The first-order chi connectivity index (χ1) is 19.2. The number of pyridine rings is 2. The van der Waals surface area contributed by atoms with Crippen molar-refractivity contribution < 1.29 is 4.79 Å². The lowest BCUT2D eigenvalue weighted by Gasteiger charge is -2.33. The van der Waals surface area contributed by atoms with E-state index in [1.54, 1.807) is 6.20 Å². The lowest BCUT2D eigenvalue weighted by atomic mass is 9.96. The molecule has 1 amide bonds. The van der Waals surface area contributed by atoms with Crippen molar-refractivity contribution in [3.05, 3.63) is 90.3 Å². The molecule has 5 heterocycles. The molecule has 0 unspecified atom stereocenters. The maximum Gasteiger partial charge on any atom is 0.254 e. The molecule has 3 N–H and O–H groups in total. The van der Waals surface area contributed by atoms with Crippen molar-refractivity contribution in [1.82, 2.24) is 25.2 Å². The smallest absolute Gasteiger partial charge is 0.254 e. The second-order valence-electron chi connectivity index (χ2n) is 10.2. The number of amides is 1. The number of aromatic nitrogens is 3. The number of likely N-dealkylation sites (N-methyl/N-ethyl adjacent to an activating group) is 1. The summed E-state index contributed by atoms with van der Waals surface area (Å²) in [6.07, 6.45) is 3.65. The summed E-state index contributed by atoms with van der Waals surface area (Å²) < 4.78 is 0. The predicted molar refractivity (Wildman–Crippen MR) is 155 cm³/mol. The SMILES string of the molecule is CN1CCN(c2ccc(Nc3cnc(-c4c(-c5ccccc5)[nH]c5ccccc45)c4c3C(=O)NC4)nc2)CC1. The number of rotatable bonds is 5. The van der Waals surface area contributed by atoms with Crippen LogP contribution >= 0.6 is 0 Å². The summed E-state index contributed by atoms with van der Waals surface area (Å²) in [6.45, 7) is 4.49. The summed E-state index contributed by atoms with van der Waals surface area (Å²) in [4.78, 5) is 31.0. The molecule has 5 aromatic rings. The van der Waals surface area contributed by atoms with Crippen LogP contribution in [0.3, 0.4) is 0 Å². The molecule has 0 radical (unpaired) electrons. The summed E-state index contributed by atoms with van der Waals surface area (Å²) in [5, 5.41) is 7.45. The van der Waals surface area contributed by atoms with E-state index in [-0.39, 0.29) is 5.91 Å². The molecule has 8 nitrogen and oxygen atoms in total. The van der Waals surface area contributed by atoms with Gasteiger partial charge >= 0.3 is 0 Å². The fraction of sp³-hybridized carbons (Fsp3) is 0.194. The van der Waals surface area contributed by atoms with Gasteiger partial charge in [0.05, 0.1) is 40.7 Å². The second kappa shape index (κ2) is 9.56. The molecule has 0 aliphatic carbocycles. The first kappa shape index (κ1) is 23.4. The number of H-pyrrole nitrogens is 1. The highest BCUT2D eigenvalue weighted by Gasteiger charge is 2.29. The van der Waals surface area contributed by atoms with Gasteiger partial charge in [0.25, 0.3) is 5.91 Å². The van der Waals surface area contributed by atoms with Gasteiger partial charge in [-0.2, -0.15) is 0 Å². The van der Waals surface area contributed by atoms with E-state index in [9.17, 15) is 4.79 Å². The standard InChI is InChI=1S/C31H29N7O/c1-37-13-15-38(16-14-37)21-11-12-26(32-17-21)35-25-19-33-30(23-18-34-31(39)27(23)25)28-22-9-5-6-10-24(22)36-29(28)20-7-3-2-4-8-20/h2-12,17,19,36H,13-16,18H2,1H3,(H,32,35)(H,34,39). The number of nitrogens with zero attached hydrogens (tertiary/aromatic N) is 4. The first-order valence-electron chi connectivity index (χ1n) is 13.3. The highest BCUT2D eigenvalue weighted by Crippen LogP contribution is 2.41. The molecule has 39 heavy (non-hydrogen) atoms. The Hall–Kier alpha value is -4.69. The van der Waals surface area contributed by atoms with Crippen LogP contribution in [0.4, 0.5) is 17.2 Å². The molecule has 0 atom stereocenters. The molecule has 2 aliphatic rings. The number of nitrogens with one attached hydrogen (secondary N) is 3. The van der Waals surface area contributed by atoms with Crippen LogP contribution in [0.2, 0.25) is 0 Å². The maximum atomic E-state index is 13.1. The number of benzene rings is 2. The average molecular weight is 516 g/mol. The van der Waals surface area contributed by atoms with Crippen molar-refractivity contribution in [3.8, 4) is 22.5 Å². The molecule has 8 heteroatoms. The largest absolute Gasteiger partial charge is 0.368 e. The van der Waals surface area contributed by atoms with E-state index in [2.05, 4.69) is 67.8 Å². The molecule has 7 rings (SSSR count). The zero-order chi connectivity index (χ0) is 26.3. The van der Waals surface area contributed by atoms with E-state index in [4.69, 9.17) is 4.98 Å². The zero-order valence-corrected chi connectivity index (χ0v) is 21.7. The van der Waals surface area contributed by atoms with Gasteiger partial charge in [-0.15, -0.1) is 0 Å². The average Bonchev–Trinajstić information content (AvgIpc) is 3.56. The van der Waals surface area contributed by atoms with Gasteiger partial charge in [-0.25, -0.2) is 4.98 Å². The minimum atomic E-state index is -0.105. The molecule has 2 aliphatic heterocycles. The monoisotopic (exact) mass is 515 g/mol. The van der Waals surface area contributed by atoms with Crippen molar-refractivity contribution in [2.75, 3.05) is 43.4 Å². The molecule has 0 bridgehead atoms. The minimum absolute atomic E-state index is 0.105. The third-order valence-electron chi connectivity index (χ3n) is 7.72.